The summed E-state index contributed by atoms with van der Waals surface area (Å²) in [6.07, 6.45) is -0.602. The van der Waals surface area contributed by atoms with Gasteiger partial charge < -0.3 is 9.47 Å². The Kier molecular flexibility index (Phi) is 4.45. The number of esters is 1. The molecule has 0 amide bonds. The van der Waals surface area contributed by atoms with E-state index in [1.54, 1.807) is 6.92 Å². The number of rotatable bonds is 4. The van der Waals surface area contributed by atoms with E-state index in [4.69, 9.17) is 0 Å². The highest BCUT2D eigenvalue weighted by Crippen LogP contribution is 1.91. The maximum absolute atomic E-state index is 10.8. The zero-order chi connectivity index (χ0) is 8.85. The van der Waals surface area contributed by atoms with Gasteiger partial charge in [0, 0.05) is 7.11 Å². The minimum absolute atomic E-state index is 0.174. The number of hydrogen-bond acceptors (Lipinski definition) is 4. The second-order valence-corrected chi connectivity index (χ2v) is 2.19. The molecule has 1 atom stereocenters. The van der Waals surface area contributed by atoms with Gasteiger partial charge in [-0.25, -0.2) is 4.79 Å². The molecule has 4 heteroatoms. The van der Waals surface area contributed by atoms with Crippen molar-refractivity contribution in [3.63, 3.8) is 0 Å². The third-order valence-corrected chi connectivity index (χ3v) is 1.10. The quantitative estimate of drug-likeness (QED) is 0.549. The summed E-state index contributed by atoms with van der Waals surface area (Å²) >= 11 is 0. The van der Waals surface area contributed by atoms with Gasteiger partial charge in [0.2, 0.25) is 0 Å². The summed E-state index contributed by atoms with van der Waals surface area (Å²) in [4.78, 5) is 21.1. The van der Waals surface area contributed by atoms with Crippen LogP contribution in [0.4, 0.5) is 0 Å². The van der Waals surface area contributed by atoms with Gasteiger partial charge in [0.15, 0.2) is 11.9 Å². The number of hydrogen-bond donors (Lipinski definition) is 0. The van der Waals surface area contributed by atoms with Gasteiger partial charge in [-0.1, -0.05) is 0 Å². The van der Waals surface area contributed by atoms with Crippen molar-refractivity contribution in [2.75, 3.05) is 13.7 Å². The highest BCUT2D eigenvalue weighted by Gasteiger charge is 2.12. The van der Waals surface area contributed by atoms with E-state index >= 15 is 0 Å². The molecule has 0 bridgehead atoms. The van der Waals surface area contributed by atoms with Crippen molar-refractivity contribution in [2.45, 2.75) is 20.0 Å². The number of Topliss-reactive ketones (excluding diaryl/α,β-unsaturated/α-hetero) is 1. The average molecular weight is 160 g/mol. The van der Waals surface area contributed by atoms with Crippen LogP contribution in [0.1, 0.15) is 13.8 Å². The van der Waals surface area contributed by atoms with Gasteiger partial charge in [-0.2, -0.15) is 0 Å². The van der Waals surface area contributed by atoms with Crippen LogP contribution in [0.3, 0.4) is 0 Å². The molecular weight excluding hydrogens is 148 g/mol. The second-order valence-electron chi connectivity index (χ2n) is 2.19. The first kappa shape index (κ1) is 10.1. The number of methoxy groups -OCH3 is 1. The molecular formula is C7H12O4. The molecule has 0 aliphatic carbocycles. The van der Waals surface area contributed by atoms with Crippen LogP contribution in [-0.4, -0.2) is 31.6 Å². The normalized spacial score (nSPS) is 12.3. The topological polar surface area (TPSA) is 52.6 Å². The Balaban J connectivity index is 3.60. The van der Waals surface area contributed by atoms with Crippen LogP contribution in [-0.2, 0) is 19.1 Å². The van der Waals surface area contributed by atoms with E-state index in [0.717, 1.165) is 0 Å². The van der Waals surface area contributed by atoms with Gasteiger partial charge in [-0.05, 0) is 13.8 Å². The highest BCUT2D eigenvalue weighted by atomic mass is 16.6. The summed E-state index contributed by atoms with van der Waals surface area (Å²) in [5.74, 6) is -0.690. The molecule has 0 radical (unpaired) electrons. The lowest BCUT2D eigenvalue weighted by Gasteiger charge is -2.07. The lowest BCUT2D eigenvalue weighted by molar-refractivity contribution is -0.156. The van der Waals surface area contributed by atoms with Crippen LogP contribution < -0.4 is 0 Å². The number of carbonyl (C=O) groups excluding carboxylic acids is 2. The fraction of sp³-hybridized carbons (Fsp3) is 0.714. The molecule has 0 spiro atoms. The van der Waals surface area contributed by atoms with E-state index in [1.807, 2.05) is 0 Å². The molecule has 1 unspecified atom stereocenters. The lowest BCUT2D eigenvalue weighted by Crippen LogP contribution is -2.23. The Bertz CT molecular complexity index is 153. The molecule has 11 heavy (non-hydrogen) atoms. The van der Waals surface area contributed by atoms with E-state index in [2.05, 4.69) is 9.47 Å². The molecule has 0 saturated heterocycles. The zero-order valence-electron chi connectivity index (χ0n) is 6.92. The lowest BCUT2D eigenvalue weighted by atomic mass is 10.4. The molecule has 0 heterocycles. The molecule has 0 aliphatic rings. The van der Waals surface area contributed by atoms with Gasteiger partial charge in [0.1, 0.15) is 6.61 Å². The first-order valence-electron chi connectivity index (χ1n) is 3.26. The summed E-state index contributed by atoms with van der Waals surface area (Å²) in [6.45, 7) is 2.74. The summed E-state index contributed by atoms with van der Waals surface area (Å²) < 4.78 is 9.20. The first-order valence-corrected chi connectivity index (χ1v) is 3.26. The van der Waals surface area contributed by atoms with Crippen molar-refractivity contribution >= 4 is 11.8 Å². The molecule has 0 aromatic heterocycles. The highest BCUT2D eigenvalue weighted by molar-refractivity contribution is 5.81. The maximum Gasteiger partial charge on any atom is 0.335 e. The van der Waals surface area contributed by atoms with Crippen LogP contribution in [0.2, 0.25) is 0 Å². The van der Waals surface area contributed by atoms with Crippen LogP contribution in [0.5, 0.6) is 0 Å². The van der Waals surface area contributed by atoms with Gasteiger partial charge in [0.05, 0.1) is 0 Å². The zero-order valence-corrected chi connectivity index (χ0v) is 6.92. The average Bonchev–Trinajstić information content (AvgIpc) is 1.98. The van der Waals surface area contributed by atoms with Gasteiger partial charge >= 0.3 is 5.97 Å². The molecule has 0 aliphatic heterocycles. The fourth-order valence-electron chi connectivity index (χ4n) is 0.386. The van der Waals surface area contributed by atoms with Crippen molar-refractivity contribution in [1.82, 2.24) is 0 Å². The molecule has 0 fully saturated rings. The Morgan fingerprint density at radius 2 is 2.00 bits per heavy atom. The van der Waals surface area contributed by atoms with Crippen LogP contribution in [0.25, 0.3) is 0 Å². The number of carbonyl (C=O) groups is 2. The third-order valence-electron chi connectivity index (χ3n) is 1.10. The SMILES string of the molecule is COC(C)C(=O)OCC(C)=O. The minimum Gasteiger partial charge on any atom is -0.456 e. The van der Waals surface area contributed by atoms with Crippen LogP contribution in [0, 0.1) is 0 Å². The van der Waals surface area contributed by atoms with Gasteiger partial charge in [-0.15, -0.1) is 0 Å². The summed E-state index contributed by atoms with van der Waals surface area (Å²) in [7, 11) is 1.40. The number of ether oxygens (including phenoxy) is 2. The molecule has 0 aromatic rings. The Morgan fingerprint density at radius 3 is 2.36 bits per heavy atom. The molecule has 0 aromatic carbocycles. The molecule has 0 rings (SSSR count). The van der Waals surface area contributed by atoms with E-state index in [0.29, 0.717) is 0 Å². The van der Waals surface area contributed by atoms with E-state index in [1.165, 1.54) is 14.0 Å². The maximum atomic E-state index is 10.8. The minimum atomic E-state index is -0.602. The first-order chi connectivity index (χ1) is 5.07. The predicted octanol–water partition coefficient (Wildman–Crippen LogP) is 0.153. The van der Waals surface area contributed by atoms with Crippen molar-refractivity contribution in [3.8, 4) is 0 Å². The third kappa shape index (κ3) is 4.50. The van der Waals surface area contributed by atoms with Crippen molar-refractivity contribution in [2.24, 2.45) is 0 Å². The van der Waals surface area contributed by atoms with E-state index in [9.17, 15) is 9.59 Å². The van der Waals surface area contributed by atoms with E-state index in [-0.39, 0.29) is 12.4 Å². The predicted molar refractivity (Wildman–Crippen MR) is 38.1 cm³/mol. The van der Waals surface area contributed by atoms with E-state index < -0.39 is 12.1 Å². The van der Waals surface area contributed by atoms with Crippen LogP contribution in [0.15, 0.2) is 0 Å². The Hall–Kier alpha value is -0.900. The van der Waals surface area contributed by atoms with Crippen molar-refractivity contribution in [3.05, 3.63) is 0 Å². The standard InChI is InChI=1S/C7H12O4/c1-5(8)4-11-7(9)6(2)10-3/h6H,4H2,1-3H3. The second kappa shape index (κ2) is 4.85. The molecule has 0 N–H and O–H groups in total. The summed E-state index contributed by atoms with van der Waals surface area (Å²) in [5.41, 5.74) is 0. The van der Waals surface area contributed by atoms with Crippen molar-refractivity contribution < 1.29 is 19.1 Å². The van der Waals surface area contributed by atoms with Crippen LogP contribution >= 0.6 is 0 Å². The Morgan fingerprint density at radius 1 is 1.45 bits per heavy atom. The summed E-state index contributed by atoms with van der Waals surface area (Å²) in [5, 5.41) is 0. The van der Waals surface area contributed by atoms with Gasteiger partial charge in [0.25, 0.3) is 0 Å². The number of ketones is 1. The summed E-state index contributed by atoms with van der Waals surface area (Å²) in [6, 6.07) is 0. The molecule has 4 nitrogen and oxygen atoms in total. The monoisotopic (exact) mass is 160 g/mol. The fourth-order valence-corrected chi connectivity index (χ4v) is 0.386. The van der Waals surface area contributed by atoms with Crippen molar-refractivity contribution in [1.29, 1.82) is 0 Å². The largest absolute Gasteiger partial charge is 0.456 e. The molecule has 0 saturated carbocycles. The van der Waals surface area contributed by atoms with Gasteiger partial charge in [-0.3, -0.25) is 4.79 Å². The molecule has 64 valence electrons. The smallest absolute Gasteiger partial charge is 0.335 e. The Labute approximate surface area is 65.5 Å².